The highest BCUT2D eigenvalue weighted by molar-refractivity contribution is 5.90. The second-order valence-corrected chi connectivity index (χ2v) is 9.32. The Morgan fingerprint density at radius 1 is 1.26 bits per heavy atom. The van der Waals surface area contributed by atoms with Crippen molar-refractivity contribution in [1.82, 2.24) is 14.9 Å². The van der Waals surface area contributed by atoms with Gasteiger partial charge in [-0.1, -0.05) is 30.8 Å². The van der Waals surface area contributed by atoms with E-state index in [0.29, 0.717) is 37.8 Å². The van der Waals surface area contributed by atoms with Crippen LogP contribution < -0.4 is 15.4 Å². The van der Waals surface area contributed by atoms with Gasteiger partial charge >= 0.3 is 0 Å². The smallest absolute Gasteiger partial charge is 0.286 e. The van der Waals surface area contributed by atoms with E-state index in [1.165, 1.54) is 17.2 Å². The van der Waals surface area contributed by atoms with Gasteiger partial charge in [0.1, 0.15) is 11.4 Å². The number of nitrogens with two attached hydrogens (primary N) is 1. The molecule has 2 aromatic rings. The minimum atomic E-state index is -0.727. The first-order chi connectivity index (χ1) is 17.0. The van der Waals surface area contributed by atoms with Gasteiger partial charge in [0.15, 0.2) is 0 Å². The summed E-state index contributed by atoms with van der Waals surface area (Å²) in [6, 6.07) is 10.2. The molecule has 0 radical (unpaired) electrons. The molecule has 35 heavy (non-hydrogen) atoms. The molecule has 5 rings (SSSR count). The average Bonchev–Trinajstić information content (AvgIpc) is 2.88. The fraction of sp³-hybridized carbons (Fsp3) is 0.423. The number of primary amides is 1. The van der Waals surface area contributed by atoms with Crippen LogP contribution in [-0.4, -0.2) is 52.4 Å². The highest BCUT2D eigenvalue weighted by atomic mass is 16.5. The number of nitrogens with zero attached hydrogens (tertiary/aromatic N) is 5. The molecule has 9 heteroatoms. The molecule has 1 saturated heterocycles. The molecule has 2 aliphatic heterocycles. The second kappa shape index (κ2) is 9.02. The number of carbonyl (C=O) groups excluding carboxylic acids is 2. The first-order valence-corrected chi connectivity index (χ1v) is 12.0. The van der Waals surface area contributed by atoms with E-state index >= 15 is 0 Å². The van der Waals surface area contributed by atoms with Crippen molar-refractivity contribution in [1.29, 1.82) is 5.26 Å². The van der Waals surface area contributed by atoms with E-state index in [9.17, 15) is 14.9 Å². The molecule has 0 saturated carbocycles. The maximum atomic E-state index is 12.3. The van der Waals surface area contributed by atoms with Gasteiger partial charge in [-0.3, -0.25) is 9.59 Å². The lowest BCUT2D eigenvalue weighted by molar-refractivity contribution is -0.128. The number of hydrogen-bond acceptors (Lipinski definition) is 7. The molecule has 2 amide bonds. The lowest BCUT2D eigenvalue weighted by Gasteiger charge is -2.44. The van der Waals surface area contributed by atoms with E-state index in [4.69, 9.17) is 10.5 Å². The Balaban J connectivity index is 1.52. The molecule has 2 N–H and O–H groups in total. The van der Waals surface area contributed by atoms with Crippen molar-refractivity contribution in [2.45, 2.75) is 50.2 Å². The summed E-state index contributed by atoms with van der Waals surface area (Å²) >= 11 is 0. The third-order valence-electron chi connectivity index (χ3n) is 7.34. The lowest BCUT2D eigenvalue weighted by atomic mass is 9.75. The molecule has 3 heterocycles. The number of aryl methyl sites for hydroxylation is 1. The normalized spacial score (nSPS) is 23.0. The Morgan fingerprint density at radius 3 is 2.86 bits per heavy atom. The fourth-order valence-electron chi connectivity index (χ4n) is 5.67. The highest BCUT2D eigenvalue weighted by Gasteiger charge is 2.44. The van der Waals surface area contributed by atoms with Crippen molar-refractivity contribution in [3.63, 3.8) is 0 Å². The predicted molar refractivity (Wildman–Crippen MR) is 129 cm³/mol. The quantitative estimate of drug-likeness (QED) is 0.677. The van der Waals surface area contributed by atoms with Crippen molar-refractivity contribution in [2.24, 2.45) is 5.73 Å². The molecule has 0 bridgehead atoms. The number of piperazine rings is 1. The summed E-state index contributed by atoms with van der Waals surface area (Å²) in [5.74, 6) is -0.0325. The summed E-state index contributed by atoms with van der Waals surface area (Å²) in [6.45, 7) is 4.90. The van der Waals surface area contributed by atoms with E-state index < -0.39 is 11.5 Å². The minimum absolute atomic E-state index is 0.0960. The Bertz CT molecular complexity index is 1240. The van der Waals surface area contributed by atoms with Crippen LogP contribution in [0.15, 0.2) is 36.9 Å². The zero-order valence-corrected chi connectivity index (χ0v) is 19.6. The van der Waals surface area contributed by atoms with Crippen molar-refractivity contribution in [2.75, 3.05) is 24.5 Å². The molecule has 1 fully saturated rings. The van der Waals surface area contributed by atoms with Gasteiger partial charge in [0.2, 0.25) is 17.6 Å². The van der Waals surface area contributed by atoms with E-state index in [2.05, 4.69) is 40.8 Å². The molecule has 2 atom stereocenters. The number of ether oxygens (including phenoxy) is 1. The number of aromatic nitrogens is 2. The Hall–Kier alpha value is -3.93. The van der Waals surface area contributed by atoms with Crippen LogP contribution in [0.5, 0.6) is 5.88 Å². The van der Waals surface area contributed by atoms with Crippen LogP contribution in [-0.2, 0) is 23.2 Å². The number of anilines is 1. The molecular formula is C26H28N6O3. The molecule has 9 nitrogen and oxygen atoms in total. The molecule has 3 aliphatic rings. The number of carbonyl (C=O) groups is 2. The monoisotopic (exact) mass is 472 g/mol. The Morgan fingerprint density at radius 2 is 2.09 bits per heavy atom. The van der Waals surface area contributed by atoms with Crippen LogP contribution in [0.25, 0.3) is 0 Å². The van der Waals surface area contributed by atoms with Crippen molar-refractivity contribution in [3.8, 4) is 11.9 Å². The number of hydrogen-bond donors (Lipinski definition) is 1. The average molecular weight is 473 g/mol. The van der Waals surface area contributed by atoms with Gasteiger partial charge in [-0.2, -0.15) is 10.2 Å². The maximum absolute atomic E-state index is 12.3. The zero-order chi connectivity index (χ0) is 24.6. The fourth-order valence-corrected chi connectivity index (χ4v) is 5.67. The standard InChI is InChI=1S/C26H28N6O3/c1-2-21(33)32-15-14-31(16-18(32)10-13-27)24-19-9-12-26(35-25(19)30-23(29-24)22(28)34)11-5-7-17-6-3-4-8-20(17)26/h2-4,6,8,18H,1,5,7,9-12,14-16H2,(H2,28,34)/t18-,26?/m0/s1. The van der Waals surface area contributed by atoms with E-state index in [1.54, 1.807) is 4.90 Å². The first-order valence-electron chi connectivity index (χ1n) is 12.0. The van der Waals surface area contributed by atoms with Crippen LogP contribution >= 0.6 is 0 Å². The number of amides is 2. The summed E-state index contributed by atoms with van der Waals surface area (Å²) < 4.78 is 6.64. The zero-order valence-electron chi connectivity index (χ0n) is 19.6. The van der Waals surface area contributed by atoms with E-state index in [1.807, 2.05) is 11.0 Å². The first kappa shape index (κ1) is 22.8. The summed E-state index contributed by atoms with van der Waals surface area (Å²) in [5.41, 5.74) is 8.42. The van der Waals surface area contributed by atoms with Crippen LogP contribution in [0.2, 0.25) is 0 Å². The van der Waals surface area contributed by atoms with Crippen LogP contribution in [0, 0.1) is 11.3 Å². The van der Waals surface area contributed by atoms with E-state index in [0.717, 1.165) is 31.2 Å². The summed E-state index contributed by atoms with van der Waals surface area (Å²) in [4.78, 5) is 37.1. The topological polar surface area (TPSA) is 125 Å². The molecule has 1 aromatic heterocycles. The molecule has 1 spiro atoms. The number of rotatable bonds is 4. The van der Waals surface area contributed by atoms with Crippen LogP contribution in [0.4, 0.5) is 5.82 Å². The maximum Gasteiger partial charge on any atom is 0.286 e. The Kier molecular flexibility index (Phi) is 5.89. The van der Waals surface area contributed by atoms with Gasteiger partial charge in [-0.25, -0.2) is 4.98 Å². The number of nitriles is 1. The second-order valence-electron chi connectivity index (χ2n) is 9.32. The molecule has 180 valence electrons. The SMILES string of the molecule is C=CC(=O)N1CCN(c2nc(C(N)=O)nc3c2CCC2(CCCc4ccccc42)O3)C[C@@H]1CC#N. The van der Waals surface area contributed by atoms with Crippen molar-refractivity contribution < 1.29 is 14.3 Å². The van der Waals surface area contributed by atoms with Gasteiger partial charge in [0.05, 0.1) is 24.1 Å². The van der Waals surface area contributed by atoms with Gasteiger partial charge in [-0.05, 0) is 49.3 Å². The van der Waals surface area contributed by atoms with Gasteiger partial charge in [-0.15, -0.1) is 0 Å². The van der Waals surface area contributed by atoms with Crippen LogP contribution in [0.1, 0.15) is 53.0 Å². The summed E-state index contributed by atoms with van der Waals surface area (Å²) in [7, 11) is 0. The van der Waals surface area contributed by atoms with Crippen molar-refractivity contribution >= 4 is 17.6 Å². The van der Waals surface area contributed by atoms with Gasteiger partial charge in [0.25, 0.3) is 5.91 Å². The van der Waals surface area contributed by atoms with Gasteiger partial charge < -0.3 is 20.3 Å². The summed E-state index contributed by atoms with van der Waals surface area (Å²) in [6.07, 6.45) is 5.83. The number of fused-ring (bicyclic) bond motifs is 3. The molecule has 1 aliphatic carbocycles. The molecular weight excluding hydrogens is 444 g/mol. The third kappa shape index (κ3) is 3.99. The van der Waals surface area contributed by atoms with Crippen LogP contribution in [0.3, 0.4) is 0 Å². The highest BCUT2D eigenvalue weighted by Crippen LogP contribution is 2.47. The molecule has 1 unspecified atom stereocenters. The van der Waals surface area contributed by atoms with E-state index in [-0.39, 0.29) is 24.2 Å². The Labute approximate surface area is 204 Å². The molecule has 1 aromatic carbocycles. The third-order valence-corrected chi connectivity index (χ3v) is 7.34. The largest absolute Gasteiger partial charge is 0.466 e. The van der Waals surface area contributed by atoms with Gasteiger partial charge in [0, 0.05) is 19.6 Å². The predicted octanol–water partition coefficient (Wildman–Crippen LogP) is 2.25. The number of benzene rings is 1. The lowest BCUT2D eigenvalue weighted by Crippen LogP contribution is -2.55. The summed E-state index contributed by atoms with van der Waals surface area (Å²) in [5, 5.41) is 9.34. The minimum Gasteiger partial charge on any atom is -0.466 e. The van der Waals surface area contributed by atoms with Crippen molar-refractivity contribution in [3.05, 3.63) is 59.4 Å².